The number of Topliss-reactive ketones (excluding diaryl/α,β-unsaturated/α-hetero) is 1. The van der Waals surface area contributed by atoms with E-state index < -0.39 is 11.8 Å². The molecule has 0 aliphatic carbocycles. The summed E-state index contributed by atoms with van der Waals surface area (Å²) >= 11 is 6.07. The number of carbonyl (C=O) groups excluding carboxylic acids is 3. The van der Waals surface area contributed by atoms with E-state index in [1.54, 1.807) is 66.4 Å². The van der Waals surface area contributed by atoms with Crippen molar-refractivity contribution in [3.8, 4) is 5.75 Å². The van der Waals surface area contributed by atoms with E-state index in [-0.39, 0.29) is 18.1 Å². The average molecular weight is 531 g/mol. The van der Waals surface area contributed by atoms with Gasteiger partial charge in [0.25, 0.3) is 5.91 Å². The molecule has 0 saturated carbocycles. The fourth-order valence-electron chi connectivity index (χ4n) is 4.29. The second kappa shape index (κ2) is 11.4. The van der Waals surface area contributed by atoms with Gasteiger partial charge in [0.1, 0.15) is 11.3 Å². The number of ether oxygens (including phenoxy) is 2. The van der Waals surface area contributed by atoms with E-state index in [4.69, 9.17) is 21.1 Å². The molecule has 0 bridgehead atoms. The van der Waals surface area contributed by atoms with Crippen LogP contribution in [0.3, 0.4) is 0 Å². The summed E-state index contributed by atoms with van der Waals surface area (Å²) in [7, 11) is 1.26. The van der Waals surface area contributed by atoms with Crippen LogP contribution < -0.4 is 15.0 Å². The molecule has 1 heterocycles. The second-order valence-corrected chi connectivity index (χ2v) is 9.28. The highest BCUT2D eigenvalue weighted by atomic mass is 35.5. The predicted octanol–water partition coefficient (Wildman–Crippen LogP) is 5.85. The summed E-state index contributed by atoms with van der Waals surface area (Å²) < 4.78 is 10.5. The van der Waals surface area contributed by atoms with Gasteiger partial charge in [-0.05, 0) is 79.9 Å². The van der Waals surface area contributed by atoms with Gasteiger partial charge in [-0.1, -0.05) is 41.9 Å². The maximum atomic E-state index is 13.3. The van der Waals surface area contributed by atoms with Crippen LogP contribution in [0.1, 0.15) is 23.6 Å². The van der Waals surface area contributed by atoms with Gasteiger partial charge in [0, 0.05) is 11.4 Å². The van der Waals surface area contributed by atoms with Crippen LogP contribution in [0.5, 0.6) is 5.75 Å². The number of allylic oxidation sites excluding steroid dienone is 2. The van der Waals surface area contributed by atoms with Crippen molar-refractivity contribution < 1.29 is 23.9 Å². The fourth-order valence-corrected chi connectivity index (χ4v) is 4.47. The second-order valence-electron chi connectivity index (χ2n) is 8.88. The molecule has 3 aromatic carbocycles. The van der Waals surface area contributed by atoms with Crippen molar-refractivity contribution in [2.24, 2.45) is 0 Å². The number of hydrogen-bond donors (Lipinski definition) is 1. The lowest BCUT2D eigenvalue weighted by Gasteiger charge is -2.22. The molecule has 7 nitrogen and oxygen atoms in total. The highest BCUT2D eigenvalue weighted by Crippen LogP contribution is 2.36. The fraction of sp³-hybridized carbons (Fsp3) is 0.167. The number of carbonyl (C=O) groups is 3. The zero-order valence-electron chi connectivity index (χ0n) is 21.5. The molecule has 1 N–H and O–H groups in total. The lowest BCUT2D eigenvalue weighted by molar-refractivity contribution is -0.137. The molecule has 0 atom stereocenters. The Bertz CT molecular complexity index is 1450. The zero-order chi connectivity index (χ0) is 27.4. The molecule has 8 heteroatoms. The van der Waals surface area contributed by atoms with Crippen LogP contribution in [-0.2, 0) is 19.1 Å². The summed E-state index contributed by atoms with van der Waals surface area (Å²) in [6.07, 6.45) is 1.72. The number of nitrogens with one attached hydrogen (secondary N) is 1. The lowest BCUT2D eigenvalue weighted by atomic mass is 10.1. The number of anilines is 2. The summed E-state index contributed by atoms with van der Waals surface area (Å²) in [4.78, 5) is 39.8. The molecule has 0 fully saturated rings. The highest BCUT2D eigenvalue weighted by Gasteiger charge is 2.38. The van der Waals surface area contributed by atoms with Gasteiger partial charge in [-0.25, -0.2) is 4.79 Å². The molecule has 1 aliphatic heterocycles. The minimum absolute atomic E-state index is 0.00222. The number of esters is 1. The zero-order valence-corrected chi connectivity index (χ0v) is 22.3. The third kappa shape index (κ3) is 5.79. The van der Waals surface area contributed by atoms with Crippen LogP contribution >= 0.6 is 11.6 Å². The predicted molar refractivity (Wildman–Crippen MR) is 148 cm³/mol. The Hall–Kier alpha value is -4.36. The minimum Gasteiger partial charge on any atom is -0.484 e. The van der Waals surface area contributed by atoms with E-state index in [1.807, 2.05) is 32.0 Å². The number of halogens is 1. The summed E-state index contributed by atoms with van der Waals surface area (Å²) in [5.74, 6) is -0.953. The Morgan fingerprint density at radius 1 is 0.974 bits per heavy atom. The summed E-state index contributed by atoms with van der Waals surface area (Å²) in [5.41, 5.74) is 4.91. The first-order chi connectivity index (χ1) is 18.2. The molecular weight excluding hydrogens is 504 g/mol. The number of benzene rings is 3. The number of ketones is 1. The maximum absolute atomic E-state index is 13.3. The topological polar surface area (TPSA) is 84.9 Å². The van der Waals surface area contributed by atoms with Gasteiger partial charge in [-0.2, -0.15) is 0 Å². The van der Waals surface area contributed by atoms with Crippen LogP contribution in [0.4, 0.5) is 11.4 Å². The Kier molecular flexibility index (Phi) is 7.98. The van der Waals surface area contributed by atoms with Crippen molar-refractivity contribution in [2.45, 2.75) is 20.8 Å². The van der Waals surface area contributed by atoms with Crippen LogP contribution in [0.25, 0.3) is 6.08 Å². The van der Waals surface area contributed by atoms with E-state index in [1.165, 1.54) is 7.11 Å². The number of para-hydroxylation sites is 1. The Labute approximate surface area is 226 Å². The molecule has 0 aromatic heterocycles. The van der Waals surface area contributed by atoms with Gasteiger partial charge < -0.3 is 19.7 Å². The van der Waals surface area contributed by atoms with Gasteiger partial charge in [-0.3, -0.25) is 9.59 Å². The first-order valence-electron chi connectivity index (χ1n) is 11.9. The molecule has 4 rings (SSSR count). The smallest absolute Gasteiger partial charge is 0.343 e. The van der Waals surface area contributed by atoms with Gasteiger partial charge in [-0.15, -0.1) is 0 Å². The number of aryl methyl sites for hydroxylation is 2. The third-order valence-corrected chi connectivity index (χ3v) is 6.28. The number of hydrogen-bond acceptors (Lipinski definition) is 6. The van der Waals surface area contributed by atoms with E-state index in [0.717, 1.165) is 22.4 Å². The lowest BCUT2D eigenvalue weighted by Crippen LogP contribution is -2.20. The molecule has 0 unspecified atom stereocenters. The van der Waals surface area contributed by atoms with Crippen LogP contribution in [0.2, 0.25) is 5.02 Å². The summed E-state index contributed by atoms with van der Waals surface area (Å²) in [6, 6.07) is 19.9. The van der Waals surface area contributed by atoms with Gasteiger partial charge in [0.05, 0.1) is 23.5 Å². The average Bonchev–Trinajstić information content (AvgIpc) is 3.12. The number of methoxy groups -OCH3 is 1. The molecule has 1 amide bonds. The van der Waals surface area contributed by atoms with Gasteiger partial charge in [0.2, 0.25) is 5.78 Å². The largest absolute Gasteiger partial charge is 0.484 e. The van der Waals surface area contributed by atoms with Crippen molar-refractivity contribution in [3.63, 3.8) is 0 Å². The van der Waals surface area contributed by atoms with Crippen molar-refractivity contribution in [1.29, 1.82) is 0 Å². The molecule has 38 heavy (non-hydrogen) atoms. The Morgan fingerprint density at radius 2 is 1.63 bits per heavy atom. The van der Waals surface area contributed by atoms with E-state index >= 15 is 0 Å². The quantitative estimate of drug-likeness (QED) is 0.234. The number of nitrogens with zero attached hydrogens (tertiary/aromatic N) is 1. The van der Waals surface area contributed by atoms with Crippen LogP contribution in [0.15, 0.2) is 83.7 Å². The minimum atomic E-state index is -0.677. The van der Waals surface area contributed by atoms with Gasteiger partial charge >= 0.3 is 5.97 Å². The SMILES string of the molecule is COC(=O)C1=C(C)N(c2cc(C)cc(C)c2)/C(=C\c2ccc(OCC(=O)Nc3ccccc3Cl)cc2)C1=O. The first kappa shape index (κ1) is 26.7. The first-order valence-corrected chi connectivity index (χ1v) is 12.3. The molecule has 194 valence electrons. The van der Waals surface area contributed by atoms with Crippen LogP contribution in [-0.4, -0.2) is 31.4 Å². The normalized spacial score (nSPS) is 14.2. The Balaban J connectivity index is 1.55. The molecule has 0 spiro atoms. The van der Waals surface area contributed by atoms with E-state index in [9.17, 15) is 14.4 Å². The monoisotopic (exact) mass is 530 g/mol. The number of rotatable bonds is 7. The van der Waals surface area contributed by atoms with E-state index in [2.05, 4.69) is 5.32 Å². The standard InChI is InChI=1S/C30H27ClN2O5/c1-18-13-19(2)15-22(14-18)33-20(3)28(30(36)37-4)29(35)26(33)16-21-9-11-23(12-10-21)38-17-27(34)32-25-8-6-5-7-24(25)31/h5-16H,17H2,1-4H3,(H,32,34)/b26-16-. The van der Waals surface area contributed by atoms with Crippen molar-refractivity contribution in [2.75, 3.05) is 23.9 Å². The molecular formula is C30H27ClN2O5. The van der Waals surface area contributed by atoms with Gasteiger partial charge in [0.15, 0.2) is 6.61 Å². The molecule has 0 saturated heterocycles. The third-order valence-electron chi connectivity index (χ3n) is 5.95. The molecule has 1 aliphatic rings. The molecule has 0 radical (unpaired) electrons. The van der Waals surface area contributed by atoms with Crippen molar-refractivity contribution in [3.05, 3.63) is 105 Å². The van der Waals surface area contributed by atoms with E-state index in [0.29, 0.717) is 27.9 Å². The van der Waals surface area contributed by atoms with Crippen molar-refractivity contribution >= 4 is 46.7 Å². The summed E-state index contributed by atoms with van der Waals surface area (Å²) in [5, 5.41) is 3.14. The maximum Gasteiger partial charge on any atom is 0.343 e. The number of amides is 1. The van der Waals surface area contributed by atoms with Crippen molar-refractivity contribution in [1.82, 2.24) is 0 Å². The summed E-state index contributed by atoms with van der Waals surface area (Å²) in [6.45, 7) is 5.49. The van der Waals surface area contributed by atoms with Crippen LogP contribution in [0, 0.1) is 13.8 Å². The molecule has 3 aromatic rings. The highest BCUT2D eigenvalue weighted by molar-refractivity contribution is 6.33. The Morgan fingerprint density at radius 3 is 2.26 bits per heavy atom.